The maximum atomic E-state index is 4.87. The lowest BCUT2D eigenvalue weighted by Gasteiger charge is -2.23. The lowest BCUT2D eigenvalue weighted by Crippen LogP contribution is -2.32. The molecule has 0 bridgehead atoms. The summed E-state index contributed by atoms with van der Waals surface area (Å²) in [6.07, 6.45) is 1.45. The van der Waals surface area contributed by atoms with Crippen LogP contribution in [-0.4, -0.2) is 27.3 Å². The highest BCUT2D eigenvalue weighted by Gasteiger charge is 2.24. The van der Waals surface area contributed by atoms with Gasteiger partial charge in [-0.25, -0.2) is 0 Å². The molecule has 0 aromatic rings. The van der Waals surface area contributed by atoms with Gasteiger partial charge in [0.1, 0.15) is 0 Å². The molecular formula is C7H12O3. The van der Waals surface area contributed by atoms with E-state index in [1.165, 1.54) is 27.4 Å². The first-order valence-corrected chi connectivity index (χ1v) is 2.77. The summed E-state index contributed by atoms with van der Waals surface area (Å²) < 4.78 is 14.6. The van der Waals surface area contributed by atoms with Crippen molar-refractivity contribution >= 4 is 0 Å². The summed E-state index contributed by atoms with van der Waals surface area (Å²) in [4.78, 5) is 0. The van der Waals surface area contributed by atoms with Crippen molar-refractivity contribution in [1.82, 2.24) is 0 Å². The summed E-state index contributed by atoms with van der Waals surface area (Å²) >= 11 is 0. The van der Waals surface area contributed by atoms with E-state index in [2.05, 4.69) is 12.3 Å². The van der Waals surface area contributed by atoms with Gasteiger partial charge in [0.2, 0.25) is 0 Å². The minimum absolute atomic E-state index is 1.12. The standard InChI is InChI=1S/C7H12O3/c1-5-6-7(8-2,9-3)10-4/h6H,1H2,2-4H3. The first-order chi connectivity index (χ1) is 4.74. The topological polar surface area (TPSA) is 27.7 Å². The van der Waals surface area contributed by atoms with E-state index >= 15 is 0 Å². The largest absolute Gasteiger partial charge is 0.327 e. The Balaban J connectivity index is 4.29. The first kappa shape index (κ1) is 9.40. The highest BCUT2D eigenvalue weighted by molar-refractivity contribution is 4.86. The molecule has 0 unspecified atom stereocenters. The van der Waals surface area contributed by atoms with Gasteiger partial charge in [0, 0.05) is 27.4 Å². The summed E-state index contributed by atoms with van der Waals surface area (Å²) in [7, 11) is 4.42. The number of hydrogen-bond donors (Lipinski definition) is 0. The average molecular weight is 144 g/mol. The van der Waals surface area contributed by atoms with Crippen LogP contribution in [0.3, 0.4) is 0 Å². The van der Waals surface area contributed by atoms with Crippen LogP contribution < -0.4 is 0 Å². The normalized spacial score (nSPS) is 10.7. The van der Waals surface area contributed by atoms with E-state index in [-0.39, 0.29) is 0 Å². The van der Waals surface area contributed by atoms with E-state index < -0.39 is 5.97 Å². The Hall–Kier alpha value is -0.600. The fraction of sp³-hybridized carbons (Fsp3) is 0.571. The molecule has 0 heterocycles. The predicted octanol–water partition coefficient (Wildman–Crippen LogP) is 0.920. The fourth-order valence-electron chi connectivity index (χ4n) is 0.552. The third-order valence-electron chi connectivity index (χ3n) is 1.13. The molecule has 0 aliphatic heterocycles. The second-order valence-corrected chi connectivity index (χ2v) is 1.56. The van der Waals surface area contributed by atoms with E-state index in [9.17, 15) is 0 Å². The van der Waals surface area contributed by atoms with Crippen LogP contribution in [0.15, 0.2) is 18.4 Å². The monoisotopic (exact) mass is 144 g/mol. The molecule has 0 saturated carbocycles. The van der Waals surface area contributed by atoms with Crippen molar-refractivity contribution < 1.29 is 14.2 Å². The maximum Gasteiger partial charge on any atom is 0.311 e. The van der Waals surface area contributed by atoms with E-state index in [1.807, 2.05) is 0 Å². The molecule has 10 heavy (non-hydrogen) atoms. The Morgan fingerprint density at radius 3 is 1.70 bits per heavy atom. The van der Waals surface area contributed by atoms with Gasteiger partial charge in [-0.1, -0.05) is 6.58 Å². The second kappa shape index (κ2) is 4.25. The van der Waals surface area contributed by atoms with Crippen LogP contribution in [0.1, 0.15) is 0 Å². The second-order valence-electron chi connectivity index (χ2n) is 1.56. The molecule has 0 fully saturated rings. The molecule has 0 amide bonds. The van der Waals surface area contributed by atoms with Crippen molar-refractivity contribution in [2.45, 2.75) is 5.97 Å². The van der Waals surface area contributed by atoms with Gasteiger partial charge in [-0.3, -0.25) is 0 Å². The summed E-state index contributed by atoms with van der Waals surface area (Å²) in [5, 5.41) is 0. The number of ether oxygens (including phenoxy) is 3. The molecule has 0 atom stereocenters. The fourth-order valence-corrected chi connectivity index (χ4v) is 0.552. The lowest BCUT2D eigenvalue weighted by atomic mass is 10.5. The summed E-state index contributed by atoms with van der Waals surface area (Å²) in [5.74, 6) is -1.12. The van der Waals surface area contributed by atoms with Crippen LogP contribution in [0.25, 0.3) is 0 Å². The Morgan fingerprint density at radius 2 is 1.60 bits per heavy atom. The zero-order valence-corrected chi connectivity index (χ0v) is 6.51. The highest BCUT2D eigenvalue weighted by Crippen LogP contribution is 2.12. The molecule has 0 rings (SSSR count). The Bertz CT molecular complexity index is 124. The lowest BCUT2D eigenvalue weighted by molar-refractivity contribution is -0.318. The number of methoxy groups -OCH3 is 3. The molecule has 0 saturated heterocycles. The third kappa shape index (κ3) is 1.97. The van der Waals surface area contributed by atoms with E-state index in [4.69, 9.17) is 14.2 Å². The van der Waals surface area contributed by atoms with Gasteiger partial charge >= 0.3 is 5.97 Å². The molecule has 0 aliphatic rings. The SMILES string of the molecule is C=C=CC(OC)(OC)OC. The molecule has 0 spiro atoms. The molecule has 0 aliphatic carbocycles. The van der Waals surface area contributed by atoms with Gasteiger partial charge in [0.25, 0.3) is 0 Å². The van der Waals surface area contributed by atoms with Gasteiger partial charge in [0.15, 0.2) is 0 Å². The Labute approximate surface area is 60.9 Å². The van der Waals surface area contributed by atoms with Gasteiger partial charge in [-0.2, -0.15) is 0 Å². The van der Waals surface area contributed by atoms with E-state index in [0.29, 0.717) is 0 Å². The molecule has 3 nitrogen and oxygen atoms in total. The predicted molar refractivity (Wildman–Crippen MR) is 37.5 cm³/mol. The molecule has 0 aromatic carbocycles. The first-order valence-electron chi connectivity index (χ1n) is 2.77. The van der Waals surface area contributed by atoms with Gasteiger partial charge in [-0.15, -0.1) is 5.73 Å². The zero-order chi connectivity index (χ0) is 8.04. The quantitative estimate of drug-likeness (QED) is 0.433. The van der Waals surface area contributed by atoms with Crippen molar-refractivity contribution in [1.29, 1.82) is 0 Å². The van der Waals surface area contributed by atoms with Crippen LogP contribution in [-0.2, 0) is 14.2 Å². The van der Waals surface area contributed by atoms with Crippen molar-refractivity contribution in [2.75, 3.05) is 21.3 Å². The van der Waals surface area contributed by atoms with Gasteiger partial charge in [0.05, 0.1) is 0 Å². The van der Waals surface area contributed by atoms with E-state index in [1.54, 1.807) is 0 Å². The van der Waals surface area contributed by atoms with Crippen LogP contribution in [0, 0.1) is 0 Å². The third-order valence-corrected chi connectivity index (χ3v) is 1.13. The zero-order valence-electron chi connectivity index (χ0n) is 6.51. The van der Waals surface area contributed by atoms with Crippen molar-refractivity contribution in [2.24, 2.45) is 0 Å². The maximum absolute atomic E-state index is 4.87. The minimum Gasteiger partial charge on any atom is -0.327 e. The minimum atomic E-state index is -1.12. The van der Waals surface area contributed by atoms with Crippen LogP contribution in [0.4, 0.5) is 0 Å². The van der Waals surface area contributed by atoms with Crippen molar-refractivity contribution in [3.8, 4) is 0 Å². The molecule has 3 heteroatoms. The average Bonchev–Trinajstić information content (AvgIpc) is 2.01. The van der Waals surface area contributed by atoms with Crippen LogP contribution >= 0.6 is 0 Å². The van der Waals surface area contributed by atoms with Crippen LogP contribution in [0.5, 0.6) is 0 Å². The van der Waals surface area contributed by atoms with E-state index in [0.717, 1.165) is 0 Å². The molecule has 0 N–H and O–H groups in total. The summed E-state index contributed by atoms with van der Waals surface area (Å²) in [6, 6.07) is 0. The smallest absolute Gasteiger partial charge is 0.311 e. The summed E-state index contributed by atoms with van der Waals surface area (Å²) in [5.41, 5.74) is 2.51. The molecule has 0 aromatic heterocycles. The Kier molecular flexibility index (Phi) is 4.00. The number of hydrogen-bond acceptors (Lipinski definition) is 3. The van der Waals surface area contributed by atoms with Crippen molar-refractivity contribution in [3.63, 3.8) is 0 Å². The van der Waals surface area contributed by atoms with Crippen LogP contribution in [0.2, 0.25) is 0 Å². The highest BCUT2D eigenvalue weighted by atomic mass is 16.9. The van der Waals surface area contributed by atoms with Crippen molar-refractivity contribution in [3.05, 3.63) is 18.4 Å². The number of rotatable bonds is 4. The molecule has 58 valence electrons. The summed E-state index contributed by atoms with van der Waals surface area (Å²) in [6.45, 7) is 3.37. The molecule has 0 radical (unpaired) electrons. The Morgan fingerprint density at radius 1 is 1.20 bits per heavy atom. The van der Waals surface area contributed by atoms with Gasteiger partial charge < -0.3 is 14.2 Å². The van der Waals surface area contributed by atoms with Gasteiger partial charge in [-0.05, 0) is 0 Å². The molecular weight excluding hydrogens is 132 g/mol.